The SMILES string of the molecule is Cc1nc(S(=O)(=O)NCCc2ncn[nH]2)cn1C. The maximum atomic E-state index is 11.9. The van der Waals surface area contributed by atoms with E-state index in [4.69, 9.17) is 0 Å². The maximum absolute atomic E-state index is 11.9. The molecule has 0 aliphatic rings. The van der Waals surface area contributed by atoms with E-state index in [0.717, 1.165) is 0 Å². The molecular weight excluding hydrogens is 256 g/mol. The number of hydrogen-bond acceptors (Lipinski definition) is 5. The maximum Gasteiger partial charge on any atom is 0.259 e. The van der Waals surface area contributed by atoms with E-state index < -0.39 is 10.0 Å². The molecule has 0 aliphatic heterocycles. The van der Waals surface area contributed by atoms with Gasteiger partial charge in [0.25, 0.3) is 10.0 Å². The third kappa shape index (κ3) is 2.74. The molecule has 0 saturated carbocycles. The first-order valence-electron chi connectivity index (χ1n) is 5.33. The number of rotatable bonds is 5. The van der Waals surface area contributed by atoms with Gasteiger partial charge in [-0.15, -0.1) is 0 Å². The zero-order valence-electron chi connectivity index (χ0n) is 10.1. The predicted molar refractivity (Wildman–Crippen MR) is 63.2 cm³/mol. The summed E-state index contributed by atoms with van der Waals surface area (Å²) >= 11 is 0. The minimum absolute atomic E-state index is 0.0278. The third-order valence-electron chi connectivity index (χ3n) is 2.48. The van der Waals surface area contributed by atoms with Gasteiger partial charge in [0.15, 0.2) is 5.03 Å². The van der Waals surface area contributed by atoms with E-state index in [0.29, 0.717) is 18.1 Å². The summed E-state index contributed by atoms with van der Waals surface area (Å²) in [5, 5.41) is 6.37. The van der Waals surface area contributed by atoms with E-state index in [2.05, 4.69) is 24.9 Å². The zero-order valence-corrected chi connectivity index (χ0v) is 10.9. The van der Waals surface area contributed by atoms with Crippen LogP contribution >= 0.6 is 0 Å². The summed E-state index contributed by atoms with van der Waals surface area (Å²) < 4.78 is 27.9. The van der Waals surface area contributed by atoms with Gasteiger partial charge >= 0.3 is 0 Å². The lowest BCUT2D eigenvalue weighted by Crippen LogP contribution is -2.26. The summed E-state index contributed by atoms with van der Waals surface area (Å²) in [4.78, 5) is 7.88. The number of aromatic nitrogens is 5. The van der Waals surface area contributed by atoms with Crippen molar-refractivity contribution >= 4 is 10.0 Å². The summed E-state index contributed by atoms with van der Waals surface area (Å²) in [6, 6.07) is 0. The number of H-pyrrole nitrogens is 1. The lowest BCUT2D eigenvalue weighted by atomic mass is 10.4. The van der Waals surface area contributed by atoms with Crippen LogP contribution in [0.15, 0.2) is 17.6 Å². The summed E-state index contributed by atoms with van der Waals surface area (Å²) in [5.74, 6) is 1.28. The third-order valence-corrected chi connectivity index (χ3v) is 3.81. The minimum atomic E-state index is -3.56. The van der Waals surface area contributed by atoms with Gasteiger partial charge in [-0.3, -0.25) is 5.10 Å². The van der Waals surface area contributed by atoms with Crippen LogP contribution in [-0.4, -0.2) is 39.7 Å². The van der Waals surface area contributed by atoms with Gasteiger partial charge in [-0.25, -0.2) is 23.1 Å². The van der Waals surface area contributed by atoms with Crippen LogP contribution < -0.4 is 4.72 Å². The molecule has 0 aliphatic carbocycles. The largest absolute Gasteiger partial charge is 0.337 e. The molecule has 2 heterocycles. The normalized spacial score (nSPS) is 11.9. The Bertz CT molecular complexity index is 596. The summed E-state index contributed by atoms with van der Waals surface area (Å²) in [5.41, 5.74) is 0. The molecule has 9 heteroatoms. The van der Waals surface area contributed by atoms with E-state index in [1.807, 2.05) is 0 Å². The van der Waals surface area contributed by atoms with Gasteiger partial charge in [-0.2, -0.15) is 5.10 Å². The van der Waals surface area contributed by atoms with Crippen molar-refractivity contribution in [3.8, 4) is 0 Å². The number of aryl methyl sites for hydroxylation is 2. The molecule has 0 atom stereocenters. The highest BCUT2D eigenvalue weighted by atomic mass is 32.2. The molecule has 8 nitrogen and oxygen atoms in total. The van der Waals surface area contributed by atoms with Crippen LogP contribution in [0, 0.1) is 6.92 Å². The van der Waals surface area contributed by atoms with Crippen LogP contribution in [0.5, 0.6) is 0 Å². The average Bonchev–Trinajstić information content (AvgIpc) is 2.90. The van der Waals surface area contributed by atoms with Crippen molar-refractivity contribution in [1.82, 2.24) is 29.5 Å². The van der Waals surface area contributed by atoms with Crippen molar-refractivity contribution in [2.24, 2.45) is 7.05 Å². The highest BCUT2D eigenvalue weighted by molar-refractivity contribution is 7.89. The Kier molecular flexibility index (Phi) is 3.43. The van der Waals surface area contributed by atoms with Crippen LogP contribution in [0.25, 0.3) is 0 Å². The van der Waals surface area contributed by atoms with Gasteiger partial charge in [-0.05, 0) is 6.92 Å². The predicted octanol–water partition coefficient (Wildman–Crippen LogP) is -0.632. The molecule has 0 unspecified atom stereocenters. The van der Waals surface area contributed by atoms with Crippen LogP contribution in [0.1, 0.15) is 11.6 Å². The van der Waals surface area contributed by atoms with Gasteiger partial charge in [0, 0.05) is 26.2 Å². The molecule has 0 bridgehead atoms. The van der Waals surface area contributed by atoms with E-state index >= 15 is 0 Å². The molecule has 0 amide bonds. The van der Waals surface area contributed by atoms with E-state index in [1.165, 1.54) is 12.5 Å². The van der Waals surface area contributed by atoms with Crippen molar-refractivity contribution in [3.05, 3.63) is 24.2 Å². The number of imidazole rings is 1. The Hall–Kier alpha value is -1.74. The highest BCUT2D eigenvalue weighted by Gasteiger charge is 2.17. The van der Waals surface area contributed by atoms with Crippen molar-refractivity contribution in [2.75, 3.05) is 6.54 Å². The van der Waals surface area contributed by atoms with E-state index in [9.17, 15) is 8.42 Å². The van der Waals surface area contributed by atoms with Crippen molar-refractivity contribution in [1.29, 1.82) is 0 Å². The lowest BCUT2D eigenvalue weighted by molar-refractivity contribution is 0.577. The Morgan fingerprint density at radius 2 is 2.28 bits per heavy atom. The summed E-state index contributed by atoms with van der Waals surface area (Å²) in [6.45, 7) is 1.99. The Labute approximate surface area is 105 Å². The molecule has 0 saturated heterocycles. The van der Waals surface area contributed by atoms with Crippen LogP contribution in [0.2, 0.25) is 0 Å². The molecule has 0 radical (unpaired) electrons. The molecule has 2 aromatic heterocycles. The van der Waals surface area contributed by atoms with Crippen molar-refractivity contribution < 1.29 is 8.42 Å². The lowest BCUT2D eigenvalue weighted by Gasteiger charge is -2.02. The second-order valence-corrected chi connectivity index (χ2v) is 5.53. The molecule has 2 N–H and O–H groups in total. The number of hydrogen-bond donors (Lipinski definition) is 2. The number of nitrogens with zero attached hydrogens (tertiary/aromatic N) is 4. The van der Waals surface area contributed by atoms with E-state index in [-0.39, 0.29) is 11.6 Å². The first kappa shape index (κ1) is 12.7. The van der Waals surface area contributed by atoms with Crippen molar-refractivity contribution in [3.63, 3.8) is 0 Å². The number of aromatic amines is 1. The Morgan fingerprint density at radius 1 is 1.50 bits per heavy atom. The summed E-state index contributed by atoms with van der Waals surface area (Å²) in [7, 11) is -1.81. The zero-order chi connectivity index (χ0) is 13.2. The topological polar surface area (TPSA) is 106 Å². The molecule has 2 aromatic rings. The highest BCUT2D eigenvalue weighted by Crippen LogP contribution is 2.07. The second kappa shape index (κ2) is 4.86. The fraction of sp³-hybridized carbons (Fsp3) is 0.444. The standard InChI is InChI=1S/C9H14N6O2S/c1-7-13-9(5-15(7)2)18(16,17)12-4-3-8-10-6-11-14-8/h5-6,12H,3-4H2,1-2H3,(H,10,11,14). The number of sulfonamides is 1. The molecular formula is C9H14N6O2S. The average molecular weight is 270 g/mol. The molecule has 98 valence electrons. The van der Waals surface area contributed by atoms with Gasteiger partial charge in [0.1, 0.15) is 18.0 Å². The molecule has 0 spiro atoms. The van der Waals surface area contributed by atoms with Gasteiger partial charge in [-0.1, -0.05) is 0 Å². The molecule has 2 rings (SSSR count). The fourth-order valence-corrected chi connectivity index (χ4v) is 2.45. The second-order valence-electron chi connectivity index (χ2n) is 3.82. The number of nitrogens with one attached hydrogen (secondary N) is 2. The van der Waals surface area contributed by atoms with Crippen molar-refractivity contribution in [2.45, 2.75) is 18.4 Å². The van der Waals surface area contributed by atoms with E-state index in [1.54, 1.807) is 18.5 Å². The smallest absolute Gasteiger partial charge is 0.259 e. The first-order valence-corrected chi connectivity index (χ1v) is 6.81. The molecule has 0 fully saturated rings. The van der Waals surface area contributed by atoms with Gasteiger partial charge in [0.05, 0.1) is 0 Å². The first-order chi connectivity index (χ1) is 8.49. The van der Waals surface area contributed by atoms with Gasteiger partial charge in [0.2, 0.25) is 0 Å². The Balaban J connectivity index is 1.99. The van der Waals surface area contributed by atoms with Gasteiger partial charge < -0.3 is 4.57 Å². The monoisotopic (exact) mass is 270 g/mol. The summed E-state index contributed by atoms with van der Waals surface area (Å²) in [6.07, 6.45) is 3.31. The van der Waals surface area contributed by atoms with Crippen LogP contribution in [0.4, 0.5) is 0 Å². The van der Waals surface area contributed by atoms with Crippen LogP contribution in [-0.2, 0) is 23.5 Å². The Morgan fingerprint density at radius 3 is 2.83 bits per heavy atom. The fourth-order valence-electron chi connectivity index (χ4n) is 1.38. The van der Waals surface area contributed by atoms with Crippen LogP contribution in [0.3, 0.4) is 0 Å². The quantitative estimate of drug-likeness (QED) is 0.752. The molecule has 0 aromatic carbocycles. The molecule has 18 heavy (non-hydrogen) atoms. The minimum Gasteiger partial charge on any atom is -0.337 e.